The van der Waals surface area contributed by atoms with E-state index in [0.29, 0.717) is 0 Å². The molecule has 0 saturated carbocycles. The lowest BCUT2D eigenvalue weighted by Crippen LogP contribution is -2.11. The minimum Gasteiger partial charge on any atom is -0.325 e. The summed E-state index contributed by atoms with van der Waals surface area (Å²) >= 11 is 0. The van der Waals surface area contributed by atoms with Crippen LogP contribution in [0.1, 0.15) is 26.2 Å². The fourth-order valence-corrected chi connectivity index (χ4v) is 1.32. The van der Waals surface area contributed by atoms with Crippen molar-refractivity contribution >= 4 is 0 Å². The molecule has 1 rings (SSSR count). The fraction of sp³-hybridized carbons (Fsp3) is 0.600. The molecular weight excluding hydrogens is 134 g/mol. The van der Waals surface area contributed by atoms with Gasteiger partial charge in [0, 0.05) is 6.04 Å². The van der Waals surface area contributed by atoms with Crippen LogP contribution in [0.25, 0.3) is 0 Å². The molecule has 1 aliphatic carbocycles. The van der Waals surface area contributed by atoms with Crippen LogP contribution in [0, 0.1) is 5.92 Å². The normalized spacial score (nSPS) is 27.6. The predicted molar refractivity (Wildman–Crippen MR) is 49.3 cm³/mol. The van der Waals surface area contributed by atoms with E-state index >= 15 is 0 Å². The van der Waals surface area contributed by atoms with E-state index in [1.165, 1.54) is 19.3 Å². The highest BCUT2D eigenvalue weighted by Crippen LogP contribution is 2.18. The molecule has 1 nitrogen and oxygen atoms in total. The lowest BCUT2D eigenvalue weighted by Gasteiger charge is -2.13. The molecule has 0 aromatic heterocycles. The van der Waals surface area contributed by atoms with Crippen molar-refractivity contribution in [3.8, 4) is 0 Å². The van der Waals surface area contributed by atoms with Gasteiger partial charge in [0.05, 0.1) is 0 Å². The Morgan fingerprint density at radius 2 is 2.36 bits per heavy atom. The Labute approximate surface area is 69.0 Å². The first-order valence-corrected chi connectivity index (χ1v) is 4.38. The van der Waals surface area contributed by atoms with Gasteiger partial charge in [0.15, 0.2) is 0 Å². The maximum Gasteiger partial charge on any atom is 0.0194 e. The second-order valence-corrected chi connectivity index (χ2v) is 3.29. The van der Waals surface area contributed by atoms with Crippen molar-refractivity contribution in [3.05, 3.63) is 24.3 Å². The number of nitrogens with two attached hydrogens (primary N) is 1. The van der Waals surface area contributed by atoms with Crippen molar-refractivity contribution in [1.29, 1.82) is 0 Å². The van der Waals surface area contributed by atoms with Crippen LogP contribution in [0.3, 0.4) is 0 Å². The zero-order valence-electron chi connectivity index (χ0n) is 7.16. The molecule has 0 fully saturated rings. The summed E-state index contributed by atoms with van der Waals surface area (Å²) in [6.07, 6.45) is 12.6. The molecule has 0 saturated heterocycles. The summed E-state index contributed by atoms with van der Waals surface area (Å²) < 4.78 is 0. The third-order valence-corrected chi connectivity index (χ3v) is 2.00. The van der Waals surface area contributed by atoms with Crippen molar-refractivity contribution in [1.82, 2.24) is 0 Å². The highest BCUT2D eigenvalue weighted by molar-refractivity contribution is 5.00. The summed E-state index contributed by atoms with van der Waals surface area (Å²) in [5.41, 5.74) is 5.60. The minimum absolute atomic E-state index is 0.209. The second kappa shape index (κ2) is 4.35. The highest BCUT2D eigenvalue weighted by Gasteiger charge is 2.04. The molecule has 2 N–H and O–H groups in total. The van der Waals surface area contributed by atoms with E-state index in [9.17, 15) is 0 Å². The van der Waals surface area contributed by atoms with Gasteiger partial charge in [-0.1, -0.05) is 24.3 Å². The largest absolute Gasteiger partial charge is 0.325 e. The number of hydrogen-bond acceptors (Lipinski definition) is 1. The Morgan fingerprint density at radius 3 is 2.91 bits per heavy atom. The third-order valence-electron chi connectivity index (χ3n) is 2.00. The van der Waals surface area contributed by atoms with Crippen LogP contribution in [-0.2, 0) is 0 Å². The van der Waals surface area contributed by atoms with Gasteiger partial charge in [0.1, 0.15) is 0 Å². The molecule has 62 valence electrons. The van der Waals surface area contributed by atoms with Gasteiger partial charge in [-0.3, -0.25) is 0 Å². The first-order valence-electron chi connectivity index (χ1n) is 4.38. The predicted octanol–water partition coefficient (Wildman–Crippen LogP) is 2.25. The van der Waals surface area contributed by atoms with E-state index in [2.05, 4.69) is 24.3 Å². The lowest BCUT2D eigenvalue weighted by molar-refractivity contribution is 0.581. The zero-order valence-corrected chi connectivity index (χ0v) is 7.16. The maximum atomic E-state index is 5.60. The summed E-state index contributed by atoms with van der Waals surface area (Å²) in [5, 5.41) is 0. The van der Waals surface area contributed by atoms with Crippen molar-refractivity contribution in [3.63, 3.8) is 0 Å². The van der Waals surface area contributed by atoms with E-state index in [1.807, 2.05) is 6.92 Å². The Morgan fingerprint density at radius 1 is 1.55 bits per heavy atom. The average molecular weight is 151 g/mol. The van der Waals surface area contributed by atoms with Gasteiger partial charge in [-0.25, -0.2) is 0 Å². The van der Waals surface area contributed by atoms with Crippen molar-refractivity contribution in [2.45, 2.75) is 32.2 Å². The molecule has 11 heavy (non-hydrogen) atoms. The summed E-state index contributed by atoms with van der Waals surface area (Å²) in [4.78, 5) is 0. The van der Waals surface area contributed by atoms with Crippen LogP contribution in [0.2, 0.25) is 0 Å². The van der Waals surface area contributed by atoms with Gasteiger partial charge in [0.2, 0.25) is 0 Å². The topological polar surface area (TPSA) is 26.0 Å². The van der Waals surface area contributed by atoms with Gasteiger partial charge in [-0.05, 0) is 32.1 Å². The number of rotatable bonds is 2. The van der Waals surface area contributed by atoms with Crippen molar-refractivity contribution < 1.29 is 0 Å². The summed E-state index contributed by atoms with van der Waals surface area (Å²) in [5.74, 6) is 0.742. The molecule has 0 aromatic rings. The quantitative estimate of drug-likeness (QED) is 0.602. The van der Waals surface area contributed by atoms with Crippen molar-refractivity contribution in [2.75, 3.05) is 0 Å². The van der Waals surface area contributed by atoms with E-state index in [1.54, 1.807) is 0 Å². The molecule has 0 aromatic carbocycles. The minimum atomic E-state index is 0.209. The Bertz CT molecular complexity index is 156. The van der Waals surface area contributed by atoms with E-state index in [0.717, 1.165) is 5.92 Å². The SMILES string of the molecule is CC(N)/C=C/C1CC=CCC1. The van der Waals surface area contributed by atoms with E-state index < -0.39 is 0 Å². The molecule has 1 heteroatoms. The molecule has 2 atom stereocenters. The van der Waals surface area contributed by atoms with Crippen LogP contribution < -0.4 is 5.73 Å². The maximum absolute atomic E-state index is 5.60. The Hall–Kier alpha value is -0.560. The van der Waals surface area contributed by atoms with Crippen molar-refractivity contribution in [2.24, 2.45) is 11.7 Å². The monoisotopic (exact) mass is 151 g/mol. The van der Waals surface area contributed by atoms with Gasteiger partial charge >= 0.3 is 0 Å². The fourth-order valence-electron chi connectivity index (χ4n) is 1.32. The molecule has 0 bridgehead atoms. The summed E-state index contributed by atoms with van der Waals surface area (Å²) in [7, 11) is 0. The Kier molecular flexibility index (Phi) is 3.37. The Balaban J connectivity index is 2.31. The molecule has 0 radical (unpaired) electrons. The molecule has 0 heterocycles. The number of hydrogen-bond donors (Lipinski definition) is 1. The average Bonchev–Trinajstić information content (AvgIpc) is 2.03. The number of allylic oxidation sites excluding steroid dienone is 3. The van der Waals surface area contributed by atoms with Gasteiger partial charge < -0.3 is 5.73 Å². The van der Waals surface area contributed by atoms with E-state index in [-0.39, 0.29) is 6.04 Å². The van der Waals surface area contributed by atoms with Crippen LogP contribution in [0.4, 0.5) is 0 Å². The molecule has 2 unspecified atom stereocenters. The molecule has 0 aliphatic heterocycles. The van der Waals surface area contributed by atoms with Crippen LogP contribution in [0.15, 0.2) is 24.3 Å². The van der Waals surface area contributed by atoms with Gasteiger partial charge in [-0.2, -0.15) is 0 Å². The van der Waals surface area contributed by atoms with Gasteiger partial charge in [-0.15, -0.1) is 0 Å². The van der Waals surface area contributed by atoms with Gasteiger partial charge in [0.25, 0.3) is 0 Å². The van der Waals surface area contributed by atoms with Crippen LogP contribution in [0.5, 0.6) is 0 Å². The second-order valence-electron chi connectivity index (χ2n) is 3.29. The molecular formula is C10H17N. The first kappa shape index (κ1) is 8.54. The third kappa shape index (κ3) is 3.38. The highest BCUT2D eigenvalue weighted by atomic mass is 14.6. The zero-order chi connectivity index (χ0) is 8.10. The standard InChI is InChI=1S/C10H17N/c1-9(11)7-8-10-5-3-2-4-6-10/h2-3,7-10H,4-6,11H2,1H3/b8-7+. The smallest absolute Gasteiger partial charge is 0.0194 e. The molecule has 0 amide bonds. The molecule has 0 spiro atoms. The van der Waals surface area contributed by atoms with E-state index in [4.69, 9.17) is 5.73 Å². The summed E-state index contributed by atoms with van der Waals surface area (Å²) in [6.45, 7) is 2.01. The molecule has 1 aliphatic rings. The first-order chi connectivity index (χ1) is 5.29. The van der Waals surface area contributed by atoms with Crippen LogP contribution in [-0.4, -0.2) is 6.04 Å². The lowest BCUT2D eigenvalue weighted by atomic mass is 9.94. The summed E-state index contributed by atoms with van der Waals surface area (Å²) in [6, 6.07) is 0.209. The van der Waals surface area contributed by atoms with Crippen LogP contribution >= 0.6 is 0 Å².